The van der Waals surface area contributed by atoms with Crippen LogP contribution in [0.3, 0.4) is 0 Å². The molecule has 0 saturated heterocycles. The van der Waals surface area contributed by atoms with E-state index in [2.05, 4.69) is 4.98 Å². The quantitative estimate of drug-likeness (QED) is 0.750. The topological polar surface area (TPSA) is 38.9 Å². The summed E-state index contributed by atoms with van der Waals surface area (Å²) in [7, 11) is 0. The molecular weight excluding hydrogens is 156 g/mol. The minimum atomic E-state index is 0.303. The summed E-state index contributed by atoms with van der Waals surface area (Å²) in [6.07, 6.45) is 4.08. The largest absolute Gasteiger partial charge is 0.328 e. The second kappa shape index (κ2) is 3.83. The number of nitrogens with zero attached hydrogens (tertiary/aromatic N) is 1. The van der Waals surface area contributed by atoms with E-state index in [1.165, 1.54) is 4.88 Å². The molecule has 2 nitrogen and oxygen atoms in total. The SMILES string of the molecule is Cc1ncc(CC[C@H](C)N)s1. The summed E-state index contributed by atoms with van der Waals surface area (Å²) in [6, 6.07) is 0.303. The molecular formula is C8H14N2S. The predicted molar refractivity (Wildman–Crippen MR) is 48.8 cm³/mol. The minimum Gasteiger partial charge on any atom is -0.328 e. The number of hydrogen-bond acceptors (Lipinski definition) is 3. The molecule has 0 fully saturated rings. The van der Waals surface area contributed by atoms with E-state index in [9.17, 15) is 0 Å². The molecule has 11 heavy (non-hydrogen) atoms. The van der Waals surface area contributed by atoms with Crippen molar-refractivity contribution in [1.82, 2.24) is 4.98 Å². The number of nitrogens with two attached hydrogens (primary N) is 1. The van der Waals surface area contributed by atoms with Crippen LogP contribution in [0.2, 0.25) is 0 Å². The highest BCUT2D eigenvalue weighted by Gasteiger charge is 1.99. The molecule has 1 aromatic heterocycles. The molecule has 1 rings (SSSR count). The van der Waals surface area contributed by atoms with Gasteiger partial charge in [-0.25, -0.2) is 4.98 Å². The highest BCUT2D eigenvalue weighted by molar-refractivity contribution is 7.11. The van der Waals surface area contributed by atoms with Gasteiger partial charge in [0.2, 0.25) is 0 Å². The lowest BCUT2D eigenvalue weighted by molar-refractivity contribution is 0.670. The van der Waals surface area contributed by atoms with Gasteiger partial charge in [0.1, 0.15) is 0 Å². The van der Waals surface area contributed by atoms with Crippen LogP contribution in [0.15, 0.2) is 6.20 Å². The number of thiazole rings is 1. The lowest BCUT2D eigenvalue weighted by Crippen LogP contribution is -2.14. The van der Waals surface area contributed by atoms with Crippen molar-refractivity contribution in [1.29, 1.82) is 0 Å². The third-order valence-electron chi connectivity index (χ3n) is 1.52. The summed E-state index contributed by atoms with van der Waals surface area (Å²) in [5.74, 6) is 0. The summed E-state index contributed by atoms with van der Waals surface area (Å²) in [4.78, 5) is 5.52. The molecule has 0 aromatic carbocycles. The van der Waals surface area contributed by atoms with E-state index in [1.54, 1.807) is 11.3 Å². The Morgan fingerprint density at radius 3 is 2.91 bits per heavy atom. The zero-order valence-electron chi connectivity index (χ0n) is 7.00. The molecule has 0 aliphatic carbocycles. The molecule has 0 amide bonds. The van der Waals surface area contributed by atoms with Gasteiger partial charge in [0.05, 0.1) is 5.01 Å². The van der Waals surface area contributed by atoms with Gasteiger partial charge in [-0.2, -0.15) is 0 Å². The van der Waals surface area contributed by atoms with Crippen molar-refractivity contribution in [3.05, 3.63) is 16.1 Å². The molecule has 3 heteroatoms. The molecule has 1 atom stereocenters. The first kappa shape index (κ1) is 8.68. The monoisotopic (exact) mass is 170 g/mol. The van der Waals surface area contributed by atoms with Crippen LogP contribution >= 0.6 is 11.3 Å². The highest BCUT2D eigenvalue weighted by atomic mass is 32.1. The number of rotatable bonds is 3. The zero-order valence-corrected chi connectivity index (χ0v) is 7.82. The summed E-state index contributed by atoms with van der Waals surface area (Å²) in [6.45, 7) is 4.06. The van der Waals surface area contributed by atoms with Gasteiger partial charge in [0.25, 0.3) is 0 Å². The average molecular weight is 170 g/mol. The molecule has 0 unspecified atom stereocenters. The molecule has 0 aliphatic heterocycles. The van der Waals surface area contributed by atoms with Crippen molar-refractivity contribution in [2.24, 2.45) is 5.73 Å². The fraction of sp³-hybridized carbons (Fsp3) is 0.625. The maximum absolute atomic E-state index is 5.63. The van der Waals surface area contributed by atoms with Gasteiger partial charge in [-0.05, 0) is 26.7 Å². The Morgan fingerprint density at radius 1 is 1.73 bits per heavy atom. The summed E-state index contributed by atoms with van der Waals surface area (Å²) >= 11 is 1.76. The fourth-order valence-electron chi connectivity index (χ4n) is 0.891. The maximum Gasteiger partial charge on any atom is 0.0896 e. The lowest BCUT2D eigenvalue weighted by Gasteiger charge is -2.00. The highest BCUT2D eigenvalue weighted by Crippen LogP contribution is 2.13. The van der Waals surface area contributed by atoms with Crippen LogP contribution in [-0.4, -0.2) is 11.0 Å². The van der Waals surface area contributed by atoms with Gasteiger partial charge in [0.15, 0.2) is 0 Å². The van der Waals surface area contributed by atoms with Crippen molar-refractivity contribution in [2.75, 3.05) is 0 Å². The van der Waals surface area contributed by atoms with E-state index < -0.39 is 0 Å². The summed E-state index contributed by atoms with van der Waals surface area (Å²) in [5, 5.41) is 1.14. The minimum absolute atomic E-state index is 0.303. The Kier molecular flexibility index (Phi) is 3.02. The van der Waals surface area contributed by atoms with E-state index in [4.69, 9.17) is 5.73 Å². The van der Waals surface area contributed by atoms with E-state index in [0.717, 1.165) is 17.8 Å². The van der Waals surface area contributed by atoms with E-state index in [-0.39, 0.29) is 0 Å². The Hall–Kier alpha value is -0.410. The van der Waals surface area contributed by atoms with E-state index in [0.29, 0.717) is 6.04 Å². The first-order chi connectivity index (χ1) is 5.18. The van der Waals surface area contributed by atoms with Crippen LogP contribution in [-0.2, 0) is 6.42 Å². The summed E-state index contributed by atoms with van der Waals surface area (Å²) < 4.78 is 0. The average Bonchev–Trinajstić information content (AvgIpc) is 2.31. The molecule has 0 bridgehead atoms. The molecule has 0 aliphatic rings. The molecule has 0 saturated carbocycles. The van der Waals surface area contributed by atoms with Crippen molar-refractivity contribution < 1.29 is 0 Å². The van der Waals surface area contributed by atoms with Crippen LogP contribution in [0.4, 0.5) is 0 Å². The number of aryl methyl sites for hydroxylation is 2. The molecule has 2 N–H and O–H groups in total. The van der Waals surface area contributed by atoms with Crippen molar-refractivity contribution >= 4 is 11.3 Å². The van der Waals surface area contributed by atoms with Gasteiger partial charge in [-0.1, -0.05) is 0 Å². The molecule has 0 spiro atoms. The van der Waals surface area contributed by atoms with Crippen LogP contribution in [0.5, 0.6) is 0 Å². The smallest absolute Gasteiger partial charge is 0.0896 e. The normalized spacial score (nSPS) is 13.4. The van der Waals surface area contributed by atoms with Gasteiger partial charge >= 0.3 is 0 Å². The van der Waals surface area contributed by atoms with Gasteiger partial charge in [-0.15, -0.1) is 11.3 Å². The van der Waals surface area contributed by atoms with Crippen LogP contribution < -0.4 is 5.73 Å². The van der Waals surface area contributed by atoms with Crippen LogP contribution in [0.25, 0.3) is 0 Å². The zero-order chi connectivity index (χ0) is 8.27. The third kappa shape index (κ3) is 2.99. The number of hydrogen-bond donors (Lipinski definition) is 1. The van der Waals surface area contributed by atoms with Crippen molar-refractivity contribution in [2.45, 2.75) is 32.7 Å². The standard InChI is InChI=1S/C8H14N2S/c1-6(9)3-4-8-5-10-7(2)11-8/h5-6H,3-4,9H2,1-2H3/t6-/m0/s1. The molecule has 1 heterocycles. The van der Waals surface area contributed by atoms with Crippen molar-refractivity contribution in [3.63, 3.8) is 0 Å². The second-order valence-electron chi connectivity index (χ2n) is 2.86. The van der Waals surface area contributed by atoms with E-state index >= 15 is 0 Å². The molecule has 1 aromatic rings. The number of aromatic nitrogens is 1. The third-order valence-corrected chi connectivity index (χ3v) is 2.49. The first-order valence-electron chi connectivity index (χ1n) is 3.85. The van der Waals surface area contributed by atoms with Crippen molar-refractivity contribution in [3.8, 4) is 0 Å². The Balaban J connectivity index is 2.39. The lowest BCUT2D eigenvalue weighted by atomic mass is 10.2. The summed E-state index contributed by atoms with van der Waals surface area (Å²) in [5.41, 5.74) is 5.63. The molecule has 62 valence electrons. The Labute approximate surface area is 71.5 Å². The second-order valence-corrected chi connectivity index (χ2v) is 4.18. The Morgan fingerprint density at radius 2 is 2.45 bits per heavy atom. The maximum atomic E-state index is 5.63. The van der Waals surface area contributed by atoms with Gasteiger partial charge in [0, 0.05) is 17.1 Å². The van der Waals surface area contributed by atoms with Crippen LogP contribution in [0.1, 0.15) is 23.2 Å². The predicted octanol–water partition coefficient (Wildman–Crippen LogP) is 1.73. The van der Waals surface area contributed by atoms with Gasteiger partial charge < -0.3 is 5.73 Å². The van der Waals surface area contributed by atoms with Crippen LogP contribution in [0, 0.1) is 6.92 Å². The van der Waals surface area contributed by atoms with Gasteiger partial charge in [-0.3, -0.25) is 0 Å². The fourth-order valence-corrected chi connectivity index (χ4v) is 1.70. The molecule has 0 radical (unpaired) electrons. The first-order valence-corrected chi connectivity index (χ1v) is 4.67. The Bertz CT molecular complexity index is 218. The van der Waals surface area contributed by atoms with E-state index in [1.807, 2.05) is 20.0 Å².